The fourth-order valence-corrected chi connectivity index (χ4v) is 3.41. The van der Waals surface area contributed by atoms with Crippen LogP contribution in [0.15, 0.2) is 0 Å². The third-order valence-electron chi connectivity index (χ3n) is 5.01. The van der Waals surface area contributed by atoms with E-state index >= 15 is 0 Å². The molecule has 1 saturated heterocycles. The number of esters is 1. The molecule has 0 aromatic heterocycles. The fraction of sp³-hybridized carbons (Fsp3) is 0.938. The smallest absolute Gasteiger partial charge is 0.309 e. The summed E-state index contributed by atoms with van der Waals surface area (Å²) in [5.41, 5.74) is -0.223. The highest BCUT2D eigenvalue weighted by atomic mass is 16.6. The van der Waals surface area contributed by atoms with Crippen LogP contribution in [0.25, 0.3) is 0 Å². The average Bonchev–Trinajstić information content (AvgIpc) is 2.48. The Balaban J connectivity index is 2.07. The molecule has 1 aliphatic heterocycles. The van der Waals surface area contributed by atoms with Gasteiger partial charge in [-0.3, -0.25) is 4.79 Å². The van der Waals surface area contributed by atoms with Gasteiger partial charge >= 0.3 is 5.97 Å². The van der Waals surface area contributed by atoms with E-state index in [0.717, 1.165) is 32.5 Å². The second-order valence-electron chi connectivity index (χ2n) is 6.24. The summed E-state index contributed by atoms with van der Waals surface area (Å²) in [6, 6.07) is 0. The van der Waals surface area contributed by atoms with Crippen LogP contribution in [0.3, 0.4) is 0 Å². The predicted molar refractivity (Wildman–Crippen MR) is 74.9 cm³/mol. The highest BCUT2D eigenvalue weighted by Gasteiger charge is 2.44. The quantitative estimate of drug-likeness (QED) is 0.729. The van der Waals surface area contributed by atoms with Gasteiger partial charge in [-0.05, 0) is 25.2 Å². The number of ether oxygens (including phenoxy) is 2. The van der Waals surface area contributed by atoms with E-state index in [2.05, 4.69) is 0 Å². The van der Waals surface area contributed by atoms with Crippen molar-refractivity contribution >= 4 is 5.97 Å². The molecule has 2 aliphatic rings. The molecule has 3 heteroatoms. The van der Waals surface area contributed by atoms with Crippen LogP contribution < -0.4 is 0 Å². The molecular formula is C16H28O3. The van der Waals surface area contributed by atoms with E-state index < -0.39 is 0 Å². The first kappa shape index (κ1) is 14.8. The molecule has 0 amide bonds. The van der Waals surface area contributed by atoms with E-state index in [1.165, 1.54) is 32.1 Å². The molecule has 3 nitrogen and oxygen atoms in total. The number of rotatable bonds is 4. The molecule has 1 aliphatic carbocycles. The van der Waals surface area contributed by atoms with Gasteiger partial charge in [-0.25, -0.2) is 0 Å². The number of carbonyl (C=O) groups excluding carboxylic acids is 1. The van der Waals surface area contributed by atoms with Gasteiger partial charge in [0.2, 0.25) is 0 Å². The highest BCUT2D eigenvalue weighted by molar-refractivity contribution is 5.72. The lowest BCUT2D eigenvalue weighted by Crippen LogP contribution is -2.48. The third-order valence-corrected chi connectivity index (χ3v) is 5.01. The summed E-state index contributed by atoms with van der Waals surface area (Å²) in [6.45, 7) is 5.49. The van der Waals surface area contributed by atoms with Crippen LogP contribution in [-0.2, 0) is 14.3 Å². The number of carbonyl (C=O) groups is 1. The average molecular weight is 268 g/mol. The SMILES string of the molecule is CCC(C)C(=O)OC1(C2CCCCC2)CCOCC1. The van der Waals surface area contributed by atoms with Crippen molar-refractivity contribution in [2.45, 2.75) is 70.8 Å². The molecule has 0 spiro atoms. The van der Waals surface area contributed by atoms with Crippen LogP contribution in [0.1, 0.15) is 65.2 Å². The molecular weight excluding hydrogens is 240 g/mol. The van der Waals surface area contributed by atoms with Crippen molar-refractivity contribution in [2.24, 2.45) is 11.8 Å². The summed E-state index contributed by atoms with van der Waals surface area (Å²) in [5, 5.41) is 0. The molecule has 1 unspecified atom stereocenters. The lowest BCUT2D eigenvalue weighted by molar-refractivity contribution is -0.186. The van der Waals surface area contributed by atoms with Gasteiger partial charge in [0, 0.05) is 12.8 Å². The maximum absolute atomic E-state index is 12.2. The molecule has 2 rings (SSSR count). The molecule has 0 bridgehead atoms. The summed E-state index contributed by atoms with van der Waals surface area (Å²) in [5.74, 6) is 0.566. The predicted octanol–water partition coefficient (Wildman–Crippen LogP) is 3.71. The zero-order chi connectivity index (χ0) is 13.7. The topological polar surface area (TPSA) is 35.5 Å². The maximum Gasteiger partial charge on any atom is 0.309 e. The van der Waals surface area contributed by atoms with Gasteiger partial charge in [0.25, 0.3) is 0 Å². The summed E-state index contributed by atoms with van der Waals surface area (Å²) in [7, 11) is 0. The molecule has 0 N–H and O–H groups in total. The first-order valence-corrected chi connectivity index (χ1v) is 7.98. The van der Waals surface area contributed by atoms with Gasteiger partial charge in [0.1, 0.15) is 5.60 Å². The Morgan fingerprint density at radius 2 is 1.89 bits per heavy atom. The normalized spacial score (nSPS) is 25.8. The standard InChI is InChI=1S/C16H28O3/c1-3-13(2)15(17)19-16(9-11-18-12-10-16)14-7-5-4-6-8-14/h13-14H,3-12H2,1-2H3. The van der Waals surface area contributed by atoms with Crippen molar-refractivity contribution in [1.29, 1.82) is 0 Å². The van der Waals surface area contributed by atoms with Crippen LogP contribution in [0.4, 0.5) is 0 Å². The lowest BCUT2D eigenvalue weighted by atomic mass is 9.73. The summed E-state index contributed by atoms with van der Waals surface area (Å²) < 4.78 is 11.5. The summed E-state index contributed by atoms with van der Waals surface area (Å²) >= 11 is 0. The Labute approximate surface area is 117 Å². The summed E-state index contributed by atoms with van der Waals surface area (Å²) in [4.78, 5) is 12.2. The van der Waals surface area contributed by atoms with E-state index in [1.54, 1.807) is 0 Å². The summed E-state index contributed by atoms with van der Waals surface area (Å²) in [6.07, 6.45) is 8.97. The minimum Gasteiger partial charge on any atom is -0.458 e. The lowest BCUT2D eigenvalue weighted by Gasteiger charge is -2.44. The van der Waals surface area contributed by atoms with Crippen LogP contribution in [0.5, 0.6) is 0 Å². The Hall–Kier alpha value is -0.570. The van der Waals surface area contributed by atoms with Crippen LogP contribution >= 0.6 is 0 Å². The molecule has 0 aromatic rings. The molecule has 110 valence electrons. The van der Waals surface area contributed by atoms with Gasteiger partial charge in [-0.1, -0.05) is 33.1 Å². The monoisotopic (exact) mass is 268 g/mol. The zero-order valence-corrected chi connectivity index (χ0v) is 12.5. The minimum absolute atomic E-state index is 0.00465. The maximum atomic E-state index is 12.2. The van der Waals surface area contributed by atoms with Crippen molar-refractivity contribution < 1.29 is 14.3 Å². The van der Waals surface area contributed by atoms with Crippen LogP contribution in [-0.4, -0.2) is 24.8 Å². The Kier molecular flexibility index (Phi) is 5.26. The van der Waals surface area contributed by atoms with Gasteiger partial charge < -0.3 is 9.47 Å². The minimum atomic E-state index is -0.223. The fourth-order valence-electron chi connectivity index (χ4n) is 3.41. The second kappa shape index (κ2) is 6.74. The molecule has 1 heterocycles. The van der Waals surface area contributed by atoms with Crippen molar-refractivity contribution in [1.82, 2.24) is 0 Å². The molecule has 19 heavy (non-hydrogen) atoms. The largest absolute Gasteiger partial charge is 0.458 e. The highest BCUT2D eigenvalue weighted by Crippen LogP contribution is 2.41. The molecule has 0 radical (unpaired) electrons. The van der Waals surface area contributed by atoms with E-state index in [-0.39, 0.29) is 17.5 Å². The van der Waals surface area contributed by atoms with Crippen molar-refractivity contribution in [2.75, 3.05) is 13.2 Å². The first-order chi connectivity index (χ1) is 9.18. The zero-order valence-electron chi connectivity index (χ0n) is 12.5. The van der Waals surface area contributed by atoms with Crippen LogP contribution in [0, 0.1) is 11.8 Å². The van der Waals surface area contributed by atoms with E-state index in [4.69, 9.17) is 9.47 Å². The van der Waals surface area contributed by atoms with Crippen LogP contribution in [0.2, 0.25) is 0 Å². The number of hydrogen-bond donors (Lipinski definition) is 0. The first-order valence-electron chi connectivity index (χ1n) is 7.98. The number of hydrogen-bond acceptors (Lipinski definition) is 3. The van der Waals surface area contributed by atoms with E-state index in [0.29, 0.717) is 5.92 Å². The Morgan fingerprint density at radius 3 is 2.47 bits per heavy atom. The van der Waals surface area contributed by atoms with Crippen molar-refractivity contribution in [3.05, 3.63) is 0 Å². The van der Waals surface area contributed by atoms with Gasteiger partial charge in [-0.15, -0.1) is 0 Å². The molecule has 0 aromatic carbocycles. The van der Waals surface area contributed by atoms with Gasteiger partial charge in [0.15, 0.2) is 0 Å². The van der Waals surface area contributed by atoms with Crippen molar-refractivity contribution in [3.63, 3.8) is 0 Å². The van der Waals surface area contributed by atoms with Gasteiger partial charge in [0.05, 0.1) is 19.1 Å². The Morgan fingerprint density at radius 1 is 1.26 bits per heavy atom. The van der Waals surface area contributed by atoms with Crippen molar-refractivity contribution in [3.8, 4) is 0 Å². The third kappa shape index (κ3) is 3.50. The Bertz CT molecular complexity index is 288. The molecule has 2 fully saturated rings. The van der Waals surface area contributed by atoms with E-state index in [1.807, 2.05) is 13.8 Å². The second-order valence-corrected chi connectivity index (χ2v) is 6.24. The molecule has 1 atom stereocenters. The molecule has 1 saturated carbocycles. The van der Waals surface area contributed by atoms with E-state index in [9.17, 15) is 4.79 Å². The van der Waals surface area contributed by atoms with Gasteiger partial charge in [-0.2, -0.15) is 0 Å².